The van der Waals surface area contributed by atoms with E-state index in [-0.39, 0.29) is 0 Å². The van der Waals surface area contributed by atoms with Crippen LogP contribution in [0.3, 0.4) is 0 Å². The number of thiocarbonyl (C=S) groups is 1. The molecule has 1 aliphatic rings. The van der Waals surface area contributed by atoms with E-state index in [2.05, 4.69) is 52.8 Å². The van der Waals surface area contributed by atoms with Crippen LogP contribution >= 0.6 is 12.2 Å². The summed E-state index contributed by atoms with van der Waals surface area (Å²) in [6, 6.07) is 8.28. The lowest BCUT2D eigenvalue weighted by Gasteiger charge is -2.33. The van der Waals surface area contributed by atoms with Gasteiger partial charge in [0.05, 0.1) is 0 Å². The van der Waals surface area contributed by atoms with Gasteiger partial charge in [-0.3, -0.25) is 5.43 Å². The van der Waals surface area contributed by atoms with Crippen molar-refractivity contribution >= 4 is 23.0 Å². The molecule has 0 atom stereocenters. The molecule has 0 radical (unpaired) electrons. The molecule has 1 fully saturated rings. The summed E-state index contributed by atoms with van der Waals surface area (Å²) in [5, 5.41) is 6.13. The molecule has 0 amide bonds. The Balaban J connectivity index is 1.87. The molecule has 5 heteroatoms. The summed E-state index contributed by atoms with van der Waals surface area (Å²) in [7, 11) is 2.14. The van der Waals surface area contributed by atoms with Gasteiger partial charge in [0.2, 0.25) is 0 Å². The maximum absolute atomic E-state index is 5.38. The van der Waals surface area contributed by atoms with Crippen molar-refractivity contribution in [3.8, 4) is 0 Å². The summed E-state index contributed by atoms with van der Waals surface area (Å²) in [6.07, 6.45) is 1.00. The predicted octanol–water partition coefficient (Wildman–Crippen LogP) is 1.70. The molecule has 0 bridgehead atoms. The third-order valence-electron chi connectivity index (χ3n) is 3.41. The van der Waals surface area contributed by atoms with Crippen LogP contribution in [0.2, 0.25) is 0 Å². The van der Waals surface area contributed by atoms with Gasteiger partial charge in [-0.1, -0.05) is 25.1 Å². The number of hydrazine groups is 1. The Bertz CT molecular complexity index is 427. The van der Waals surface area contributed by atoms with E-state index in [1.807, 2.05) is 6.07 Å². The highest BCUT2D eigenvalue weighted by Gasteiger charge is 2.14. The van der Waals surface area contributed by atoms with Crippen LogP contribution in [0.15, 0.2) is 24.3 Å². The first-order valence-electron chi connectivity index (χ1n) is 6.78. The number of hydrogen-bond acceptors (Lipinski definition) is 3. The van der Waals surface area contributed by atoms with Crippen LogP contribution in [-0.2, 0) is 6.42 Å². The minimum absolute atomic E-state index is 0.672. The zero-order valence-electron chi connectivity index (χ0n) is 11.6. The number of anilines is 1. The molecule has 104 valence electrons. The first-order chi connectivity index (χ1) is 9.19. The number of aryl methyl sites for hydroxylation is 1. The second-order valence-corrected chi connectivity index (χ2v) is 5.28. The minimum Gasteiger partial charge on any atom is -0.331 e. The van der Waals surface area contributed by atoms with Crippen molar-refractivity contribution in [2.45, 2.75) is 13.3 Å². The minimum atomic E-state index is 0.672. The number of rotatable bonds is 3. The quantitative estimate of drug-likeness (QED) is 0.822. The molecule has 0 saturated carbocycles. The van der Waals surface area contributed by atoms with Gasteiger partial charge in [0.15, 0.2) is 5.11 Å². The molecule has 0 unspecified atom stereocenters. The molecule has 4 nitrogen and oxygen atoms in total. The van der Waals surface area contributed by atoms with E-state index in [4.69, 9.17) is 12.2 Å². The van der Waals surface area contributed by atoms with E-state index in [0.29, 0.717) is 5.11 Å². The van der Waals surface area contributed by atoms with Gasteiger partial charge >= 0.3 is 0 Å². The Hall–Kier alpha value is -1.17. The van der Waals surface area contributed by atoms with Crippen molar-refractivity contribution in [1.82, 2.24) is 15.3 Å². The Morgan fingerprint density at radius 1 is 1.21 bits per heavy atom. The van der Waals surface area contributed by atoms with E-state index in [0.717, 1.165) is 38.3 Å². The number of nitrogens with zero attached hydrogens (tertiary/aromatic N) is 2. The Labute approximate surface area is 120 Å². The number of hydrogen-bond donors (Lipinski definition) is 2. The monoisotopic (exact) mass is 278 g/mol. The van der Waals surface area contributed by atoms with Crippen LogP contribution in [-0.4, -0.2) is 48.2 Å². The Kier molecular flexibility index (Phi) is 5.13. The van der Waals surface area contributed by atoms with Gasteiger partial charge in [-0.25, -0.2) is 5.01 Å². The van der Waals surface area contributed by atoms with Gasteiger partial charge in [-0.2, -0.15) is 0 Å². The molecule has 0 aromatic heterocycles. The molecule has 19 heavy (non-hydrogen) atoms. The van der Waals surface area contributed by atoms with Crippen LogP contribution in [0, 0.1) is 0 Å². The van der Waals surface area contributed by atoms with E-state index in [9.17, 15) is 0 Å². The highest BCUT2D eigenvalue weighted by atomic mass is 32.1. The van der Waals surface area contributed by atoms with E-state index in [1.54, 1.807) is 0 Å². The van der Waals surface area contributed by atoms with Gasteiger partial charge in [-0.15, -0.1) is 0 Å². The first-order valence-corrected chi connectivity index (χ1v) is 7.19. The highest BCUT2D eigenvalue weighted by molar-refractivity contribution is 7.80. The third-order valence-corrected chi connectivity index (χ3v) is 3.60. The van der Waals surface area contributed by atoms with E-state index in [1.165, 1.54) is 5.56 Å². The second kappa shape index (κ2) is 6.84. The van der Waals surface area contributed by atoms with Crippen LogP contribution < -0.4 is 10.7 Å². The molecule has 1 saturated heterocycles. The zero-order chi connectivity index (χ0) is 13.7. The number of benzene rings is 1. The summed E-state index contributed by atoms with van der Waals surface area (Å²) < 4.78 is 0. The molecule has 0 aliphatic carbocycles. The summed E-state index contributed by atoms with van der Waals surface area (Å²) in [4.78, 5) is 2.32. The van der Waals surface area contributed by atoms with Crippen molar-refractivity contribution in [1.29, 1.82) is 0 Å². The first kappa shape index (κ1) is 14.2. The molecule has 2 N–H and O–H groups in total. The molecule has 2 rings (SSSR count). The van der Waals surface area contributed by atoms with Crippen molar-refractivity contribution in [2.75, 3.05) is 38.5 Å². The highest BCUT2D eigenvalue weighted by Crippen LogP contribution is 2.15. The standard InChI is InChI=1S/C14H22N4S/c1-3-12-6-4-5-7-13(12)15-14(19)16-18-10-8-17(2)9-11-18/h4-7H,3,8-11H2,1-2H3,(H2,15,16,19). The molecular formula is C14H22N4S. The predicted molar refractivity (Wildman–Crippen MR) is 84.2 cm³/mol. The molecule has 1 aliphatic heterocycles. The average molecular weight is 278 g/mol. The summed E-state index contributed by atoms with van der Waals surface area (Å²) in [5.74, 6) is 0. The largest absolute Gasteiger partial charge is 0.331 e. The average Bonchev–Trinajstić information content (AvgIpc) is 2.42. The molecule has 1 aromatic rings. The lowest BCUT2D eigenvalue weighted by molar-refractivity contribution is 0.131. The molecule has 1 aromatic carbocycles. The fraction of sp³-hybridized carbons (Fsp3) is 0.500. The Morgan fingerprint density at radius 2 is 1.89 bits per heavy atom. The molecule has 1 heterocycles. The summed E-state index contributed by atoms with van der Waals surface area (Å²) >= 11 is 5.38. The van der Waals surface area contributed by atoms with Gasteiger partial charge < -0.3 is 10.2 Å². The SMILES string of the molecule is CCc1ccccc1NC(=S)NN1CCN(C)CC1. The van der Waals surface area contributed by atoms with Crippen molar-refractivity contribution in [2.24, 2.45) is 0 Å². The van der Waals surface area contributed by atoms with Gasteiger partial charge in [0.25, 0.3) is 0 Å². The lowest BCUT2D eigenvalue weighted by Crippen LogP contribution is -2.53. The van der Waals surface area contributed by atoms with E-state index >= 15 is 0 Å². The summed E-state index contributed by atoms with van der Waals surface area (Å²) in [6.45, 7) is 6.28. The van der Waals surface area contributed by atoms with Crippen LogP contribution in [0.4, 0.5) is 5.69 Å². The Morgan fingerprint density at radius 3 is 2.58 bits per heavy atom. The maximum atomic E-state index is 5.38. The number of para-hydroxylation sites is 1. The van der Waals surface area contributed by atoms with Crippen LogP contribution in [0.1, 0.15) is 12.5 Å². The lowest BCUT2D eigenvalue weighted by atomic mass is 10.1. The normalized spacial score (nSPS) is 17.2. The number of nitrogens with one attached hydrogen (secondary N) is 2. The second-order valence-electron chi connectivity index (χ2n) is 4.87. The van der Waals surface area contributed by atoms with E-state index < -0.39 is 0 Å². The number of piperazine rings is 1. The fourth-order valence-electron chi connectivity index (χ4n) is 2.16. The third kappa shape index (κ3) is 4.16. The van der Waals surface area contributed by atoms with Gasteiger partial charge in [-0.05, 0) is 37.3 Å². The van der Waals surface area contributed by atoms with Crippen molar-refractivity contribution in [3.05, 3.63) is 29.8 Å². The fourth-order valence-corrected chi connectivity index (χ4v) is 2.40. The van der Waals surface area contributed by atoms with Crippen molar-refractivity contribution in [3.63, 3.8) is 0 Å². The molecule has 0 spiro atoms. The topological polar surface area (TPSA) is 30.5 Å². The van der Waals surface area contributed by atoms with Gasteiger partial charge in [0.1, 0.15) is 0 Å². The molecular weight excluding hydrogens is 256 g/mol. The summed E-state index contributed by atoms with van der Waals surface area (Å²) in [5.41, 5.74) is 5.64. The smallest absolute Gasteiger partial charge is 0.185 e. The number of likely N-dealkylation sites (N-methyl/N-ethyl adjacent to an activating group) is 1. The maximum Gasteiger partial charge on any atom is 0.185 e. The van der Waals surface area contributed by atoms with Gasteiger partial charge in [0, 0.05) is 31.9 Å². The zero-order valence-corrected chi connectivity index (χ0v) is 12.5. The van der Waals surface area contributed by atoms with Crippen LogP contribution in [0.25, 0.3) is 0 Å². The van der Waals surface area contributed by atoms with Crippen LogP contribution in [0.5, 0.6) is 0 Å². The van der Waals surface area contributed by atoms with Crippen molar-refractivity contribution < 1.29 is 0 Å².